The molecule has 210 valence electrons. The van der Waals surface area contributed by atoms with Gasteiger partial charge in [0.05, 0.1) is 41.3 Å². The fourth-order valence-electron chi connectivity index (χ4n) is 6.76. The second-order valence-electron chi connectivity index (χ2n) is 11.3. The molecule has 0 aromatic carbocycles. The number of ether oxygens (including phenoxy) is 1. The highest BCUT2D eigenvalue weighted by atomic mass is 16.5. The highest BCUT2D eigenvalue weighted by Gasteiger charge is 2.41. The summed E-state index contributed by atoms with van der Waals surface area (Å²) in [5, 5.41) is 14.9. The van der Waals surface area contributed by atoms with Crippen LogP contribution in [0.5, 0.6) is 0 Å². The van der Waals surface area contributed by atoms with Crippen LogP contribution >= 0.6 is 0 Å². The van der Waals surface area contributed by atoms with Gasteiger partial charge >= 0.3 is 5.97 Å². The van der Waals surface area contributed by atoms with E-state index in [4.69, 9.17) is 19.7 Å². The van der Waals surface area contributed by atoms with E-state index in [1.807, 2.05) is 19.1 Å². The predicted molar refractivity (Wildman–Crippen MR) is 163 cm³/mol. The first-order chi connectivity index (χ1) is 19.7. The summed E-state index contributed by atoms with van der Waals surface area (Å²) in [5.41, 5.74) is 14.3. The fourth-order valence-corrected chi connectivity index (χ4v) is 6.76. The van der Waals surface area contributed by atoms with Crippen LogP contribution in [-0.4, -0.2) is 35.3 Å². The summed E-state index contributed by atoms with van der Waals surface area (Å²) in [6.07, 6.45) is 10.3. The van der Waals surface area contributed by atoms with Crippen LogP contribution in [0.15, 0.2) is 119 Å². The second kappa shape index (κ2) is 9.98. The van der Waals surface area contributed by atoms with Crippen molar-refractivity contribution in [1.82, 2.24) is 5.32 Å². The molecule has 2 N–H and O–H groups in total. The van der Waals surface area contributed by atoms with Gasteiger partial charge in [0.15, 0.2) is 0 Å². The summed E-state index contributed by atoms with van der Waals surface area (Å²) in [4.78, 5) is 27.4. The number of nitrogens with zero attached hydrogens (tertiary/aromatic N) is 3. The van der Waals surface area contributed by atoms with Gasteiger partial charge in [-0.05, 0) is 74.1 Å². The molecule has 8 bridgehead atoms. The lowest BCUT2D eigenvalue weighted by atomic mass is 9.86. The van der Waals surface area contributed by atoms with Crippen LogP contribution in [0.4, 0.5) is 0 Å². The van der Waals surface area contributed by atoms with Crippen molar-refractivity contribution < 1.29 is 14.6 Å². The standard InChI is InChI=1S/C34H36N4O3/c1-8-20-16(3)24-13-26-18(5)22(10-11-31(40)41-7)33(37-26)23-12-30(39)32-19(6)27(38-34(23)32)15-29-21(9-2)17(4)25(36-29)14-28(20)35-24/h8,13-15,18,22,37,39H,1,9-12H2,2-7H3/t18-,22-/m1/s1. The summed E-state index contributed by atoms with van der Waals surface area (Å²) < 4.78 is 4.97. The highest BCUT2D eigenvalue weighted by molar-refractivity contribution is 6.21. The number of aliphatic imine (C=N–C) groups is 3. The lowest BCUT2D eigenvalue weighted by Crippen LogP contribution is -2.16. The lowest BCUT2D eigenvalue weighted by Gasteiger charge is -2.17. The zero-order chi connectivity index (χ0) is 29.2. The molecule has 6 rings (SSSR count). The molecule has 5 heterocycles. The van der Waals surface area contributed by atoms with E-state index in [2.05, 4.69) is 51.7 Å². The Hall–Kier alpha value is -4.26. The number of hydrogen-bond donors (Lipinski definition) is 2. The number of carbonyl (C=O) groups excluding carboxylic acids is 1. The molecule has 7 nitrogen and oxygen atoms in total. The van der Waals surface area contributed by atoms with Crippen LogP contribution in [0.3, 0.4) is 0 Å². The number of nitrogens with one attached hydrogen (secondary N) is 1. The molecule has 1 saturated heterocycles. The maximum atomic E-state index is 12.2. The van der Waals surface area contributed by atoms with E-state index < -0.39 is 0 Å². The number of aliphatic hydroxyl groups is 1. The maximum Gasteiger partial charge on any atom is 0.305 e. The maximum absolute atomic E-state index is 12.2. The van der Waals surface area contributed by atoms with Gasteiger partial charge in [-0.2, -0.15) is 0 Å². The first-order valence-corrected chi connectivity index (χ1v) is 14.3. The van der Waals surface area contributed by atoms with Crippen molar-refractivity contribution in [2.45, 2.75) is 60.3 Å². The average molecular weight is 549 g/mol. The van der Waals surface area contributed by atoms with Gasteiger partial charge in [-0.15, -0.1) is 0 Å². The van der Waals surface area contributed by atoms with Crippen LogP contribution in [0.25, 0.3) is 0 Å². The number of carbonyl (C=O) groups is 1. The lowest BCUT2D eigenvalue weighted by molar-refractivity contribution is -0.140. The van der Waals surface area contributed by atoms with E-state index in [1.54, 1.807) is 0 Å². The molecule has 7 heteroatoms. The van der Waals surface area contributed by atoms with Crippen molar-refractivity contribution >= 4 is 23.1 Å². The molecule has 2 atom stereocenters. The zero-order valence-corrected chi connectivity index (χ0v) is 24.6. The van der Waals surface area contributed by atoms with E-state index in [9.17, 15) is 9.90 Å². The molecular formula is C34H36N4O3. The van der Waals surface area contributed by atoms with E-state index in [-0.39, 0.29) is 17.8 Å². The molecule has 0 aromatic rings. The van der Waals surface area contributed by atoms with Crippen LogP contribution in [-0.2, 0) is 9.53 Å². The molecule has 0 aromatic heterocycles. The summed E-state index contributed by atoms with van der Waals surface area (Å²) in [6.45, 7) is 14.6. The molecule has 0 unspecified atom stereocenters. The van der Waals surface area contributed by atoms with Crippen LogP contribution in [0.2, 0.25) is 0 Å². The van der Waals surface area contributed by atoms with Gasteiger partial charge in [-0.25, -0.2) is 15.0 Å². The number of methoxy groups -OCH3 is 1. The zero-order valence-electron chi connectivity index (χ0n) is 24.6. The van der Waals surface area contributed by atoms with Gasteiger partial charge < -0.3 is 15.2 Å². The Labute approximate surface area is 241 Å². The van der Waals surface area contributed by atoms with E-state index in [0.29, 0.717) is 25.0 Å². The number of allylic oxidation sites excluding steroid dienone is 12. The van der Waals surface area contributed by atoms with E-state index >= 15 is 0 Å². The average Bonchev–Trinajstić information content (AvgIpc) is 3.70. The molecule has 5 aliphatic heterocycles. The first-order valence-electron chi connectivity index (χ1n) is 14.3. The Bertz CT molecular complexity index is 1680. The largest absolute Gasteiger partial charge is 0.511 e. The summed E-state index contributed by atoms with van der Waals surface area (Å²) in [7, 11) is 1.42. The summed E-state index contributed by atoms with van der Waals surface area (Å²) in [6, 6.07) is 0. The number of aliphatic hydroxyl groups excluding tert-OH is 1. The quantitative estimate of drug-likeness (QED) is 0.370. The van der Waals surface area contributed by atoms with Gasteiger partial charge in [0, 0.05) is 52.8 Å². The van der Waals surface area contributed by atoms with Crippen molar-refractivity contribution in [1.29, 1.82) is 0 Å². The van der Waals surface area contributed by atoms with Gasteiger partial charge in [-0.1, -0.05) is 26.5 Å². The summed E-state index contributed by atoms with van der Waals surface area (Å²) >= 11 is 0. The number of esters is 1. The topological polar surface area (TPSA) is 95.6 Å². The minimum absolute atomic E-state index is 0.0302. The third-order valence-electron chi connectivity index (χ3n) is 9.19. The number of fused-ring (bicyclic) bond motifs is 5. The molecule has 0 radical (unpaired) electrons. The van der Waals surface area contributed by atoms with Crippen molar-refractivity contribution in [3.63, 3.8) is 0 Å². The van der Waals surface area contributed by atoms with Crippen LogP contribution in [0.1, 0.15) is 60.3 Å². The third-order valence-corrected chi connectivity index (χ3v) is 9.19. The molecule has 0 spiro atoms. The molecule has 1 aliphatic carbocycles. The predicted octanol–water partition coefficient (Wildman–Crippen LogP) is 6.80. The molecule has 0 amide bonds. The number of hydrogen-bond acceptors (Lipinski definition) is 7. The minimum atomic E-state index is -0.231. The molecule has 0 saturated carbocycles. The van der Waals surface area contributed by atoms with Gasteiger partial charge in [0.25, 0.3) is 0 Å². The van der Waals surface area contributed by atoms with Crippen molar-refractivity contribution in [3.8, 4) is 0 Å². The number of rotatable bonds is 5. The smallest absolute Gasteiger partial charge is 0.305 e. The Morgan fingerprint density at radius 1 is 1.10 bits per heavy atom. The van der Waals surface area contributed by atoms with Gasteiger partial charge in [-0.3, -0.25) is 4.79 Å². The van der Waals surface area contributed by atoms with Crippen LogP contribution in [0, 0.1) is 11.8 Å². The van der Waals surface area contributed by atoms with Crippen molar-refractivity contribution in [2.75, 3.05) is 7.11 Å². The van der Waals surface area contributed by atoms with E-state index in [0.717, 1.165) is 85.5 Å². The Morgan fingerprint density at radius 2 is 1.83 bits per heavy atom. The fraction of sp³-hybridized carbons (Fsp3) is 0.353. The Kier molecular flexibility index (Phi) is 6.56. The summed E-state index contributed by atoms with van der Waals surface area (Å²) in [5.74, 6) is 0.223. The third kappa shape index (κ3) is 4.17. The van der Waals surface area contributed by atoms with Crippen molar-refractivity contribution in [3.05, 3.63) is 104 Å². The molecule has 6 aliphatic rings. The Balaban J connectivity index is 1.60. The highest BCUT2D eigenvalue weighted by Crippen LogP contribution is 2.46. The Morgan fingerprint density at radius 3 is 2.54 bits per heavy atom. The molecular weight excluding hydrogens is 512 g/mol. The normalized spacial score (nSPS) is 24.9. The second-order valence-corrected chi connectivity index (χ2v) is 11.3. The molecule has 41 heavy (non-hydrogen) atoms. The first kappa shape index (κ1) is 26.9. The van der Waals surface area contributed by atoms with Gasteiger partial charge in [0.2, 0.25) is 0 Å². The SMILES string of the molecule is C=CC1=C(C)C2=NC1=CC1=NC(=CC3=C(C)C4=C(O)CC(=C5NC(=C2)[C@H](C)[C@H]5CCC(=O)OC)C4=N3)C(CC)=C1C. The minimum Gasteiger partial charge on any atom is -0.511 e. The molecule has 1 fully saturated rings. The van der Waals surface area contributed by atoms with Gasteiger partial charge in [0.1, 0.15) is 5.76 Å². The van der Waals surface area contributed by atoms with E-state index in [1.165, 1.54) is 12.7 Å². The monoisotopic (exact) mass is 548 g/mol. The van der Waals surface area contributed by atoms with Crippen LogP contribution < -0.4 is 5.32 Å². The van der Waals surface area contributed by atoms with Crippen molar-refractivity contribution in [2.24, 2.45) is 26.8 Å².